The summed E-state index contributed by atoms with van der Waals surface area (Å²) >= 11 is 3.50. The van der Waals surface area contributed by atoms with Gasteiger partial charge >= 0.3 is 0 Å². The molecule has 2 unspecified atom stereocenters. The van der Waals surface area contributed by atoms with E-state index in [0.717, 1.165) is 17.3 Å². The molecular weight excluding hydrogens is 324 g/mol. The van der Waals surface area contributed by atoms with Crippen molar-refractivity contribution >= 4 is 15.9 Å². The molecule has 2 atom stereocenters. The summed E-state index contributed by atoms with van der Waals surface area (Å²) in [7, 11) is 0. The molecule has 2 aromatic rings. The van der Waals surface area contributed by atoms with Crippen LogP contribution < -0.4 is 5.73 Å². The standard InChI is InChI=1S/C18H23BrN2/c1-12(13-4-6-14(19)7-5-13)21-9-8-15-16(20)10-18(2,3)11-17(15)21/h4-9,12,16H,10-11,20H2,1-3H3. The first-order valence-corrected chi connectivity index (χ1v) is 8.37. The highest BCUT2D eigenvalue weighted by molar-refractivity contribution is 9.10. The van der Waals surface area contributed by atoms with Gasteiger partial charge in [-0.15, -0.1) is 0 Å². The monoisotopic (exact) mass is 346 g/mol. The first-order chi connectivity index (χ1) is 9.87. The number of fused-ring (bicyclic) bond motifs is 1. The number of nitrogens with zero attached hydrogens (tertiary/aromatic N) is 1. The van der Waals surface area contributed by atoms with Crippen molar-refractivity contribution in [2.75, 3.05) is 0 Å². The number of hydrogen-bond acceptors (Lipinski definition) is 1. The van der Waals surface area contributed by atoms with E-state index >= 15 is 0 Å². The lowest BCUT2D eigenvalue weighted by Gasteiger charge is -2.35. The van der Waals surface area contributed by atoms with Gasteiger partial charge in [0.2, 0.25) is 0 Å². The van der Waals surface area contributed by atoms with E-state index in [9.17, 15) is 0 Å². The van der Waals surface area contributed by atoms with Gasteiger partial charge in [-0.25, -0.2) is 0 Å². The molecule has 112 valence electrons. The van der Waals surface area contributed by atoms with E-state index in [-0.39, 0.29) is 11.5 Å². The summed E-state index contributed by atoms with van der Waals surface area (Å²) in [6.07, 6.45) is 4.37. The van der Waals surface area contributed by atoms with Crippen LogP contribution in [0.1, 0.15) is 56.1 Å². The van der Waals surface area contributed by atoms with Gasteiger partial charge in [0, 0.05) is 22.4 Å². The van der Waals surface area contributed by atoms with Crippen molar-refractivity contribution in [2.45, 2.75) is 45.7 Å². The average molecular weight is 347 g/mol. The third-order valence-electron chi connectivity index (χ3n) is 4.65. The SMILES string of the molecule is CC(c1ccc(Br)cc1)n1ccc2c1CC(C)(C)CC2N. The Bertz CT molecular complexity index is 640. The lowest BCUT2D eigenvalue weighted by molar-refractivity contribution is 0.274. The second-order valence-corrected chi connectivity index (χ2v) is 7.92. The zero-order valence-electron chi connectivity index (χ0n) is 12.9. The van der Waals surface area contributed by atoms with Crippen molar-refractivity contribution in [3.05, 3.63) is 57.8 Å². The Morgan fingerprint density at radius 3 is 2.57 bits per heavy atom. The Kier molecular flexibility index (Phi) is 3.74. The predicted octanol–water partition coefficient (Wildman–Crippen LogP) is 4.83. The molecule has 0 saturated heterocycles. The summed E-state index contributed by atoms with van der Waals surface area (Å²) in [5.74, 6) is 0. The fourth-order valence-electron chi connectivity index (χ4n) is 3.52. The molecule has 1 heterocycles. The second-order valence-electron chi connectivity index (χ2n) is 7.00. The Balaban J connectivity index is 1.99. The van der Waals surface area contributed by atoms with E-state index in [1.54, 1.807) is 0 Å². The number of hydrogen-bond donors (Lipinski definition) is 1. The van der Waals surface area contributed by atoms with Crippen LogP contribution in [-0.4, -0.2) is 4.57 Å². The number of aromatic nitrogens is 1. The maximum Gasteiger partial charge on any atom is 0.0554 e. The van der Waals surface area contributed by atoms with Crippen molar-refractivity contribution in [1.29, 1.82) is 0 Å². The number of nitrogens with two attached hydrogens (primary N) is 1. The van der Waals surface area contributed by atoms with Crippen LogP contribution in [0.4, 0.5) is 0 Å². The first kappa shape index (κ1) is 14.9. The fraction of sp³-hybridized carbons (Fsp3) is 0.444. The van der Waals surface area contributed by atoms with Crippen molar-refractivity contribution in [3.63, 3.8) is 0 Å². The van der Waals surface area contributed by atoms with Crippen LogP contribution in [0.25, 0.3) is 0 Å². The summed E-state index contributed by atoms with van der Waals surface area (Å²) in [6, 6.07) is 11.3. The van der Waals surface area contributed by atoms with Crippen LogP contribution in [0.15, 0.2) is 41.0 Å². The minimum Gasteiger partial charge on any atom is -0.344 e. The van der Waals surface area contributed by atoms with E-state index in [1.165, 1.54) is 16.8 Å². The highest BCUT2D eigenvalue weighted by Crippen LogP contribution is 2.41. The first-order valence-electron chi connectivity index (χ1n) is 7.58. The molecule has 2 N–H and O–H groups in total. The van der Waals surface area contributed by atoms with E-state index < -0.39 is 0 Å². The number of halogens is 1. The number of rotatable bonds is 2. The molecule has 1 aliphatic rings. The highest BCUT2D eigenvalue weighted by Gasteiger charge is 2.33. The molecule has 0 radical (unpaired) electrons. The summed E-state index contributed by atoms with van der Waals surface area (Å²) < 4.78 is 3.52. The van der Waals surface area contributed by atoms with Crippen molar-refractivity contribution < 1.29 is 0 Å². The molecule has 0 fully saturated rings. The number of benzene rings is 1. The van der Waals surface area contributed by atoms with Gasteiger partial charge in [0.05, 0.1) is 6.04 Å². The topological polar surface area (TPSA) is 30.9 Å². The van der Waals surface area contributed by atoms with E-state index in [4.69, 9.17) is 5.73 Å². The van der Waals surface area contributed by atoms with Crippen LogP contribution in [0.3, 0.4) is 0 Å². The van der Waals surface area contributed by atoms with Crippen molar-refractivity contribution in [1.82, 2.24) is 4.57 Å². The lowest BCUT2D eigenvalue weighted by Crippen LogP contribution is -2.31. The minimum absolute atomic E-state index is 0.169. The minimum atomic E-state index is 0.169. The van der Waals surface area contributed by atoms with Crippen LogP contribution in [0.5, 0.6) is 0 Å². The molecule has 0 bridgehead atoms. The van der Waals surface area contributed by atoms with Gasteiger partial charge in [0.1, 0.15) is 0 Å². The molecule has 0 saturated carbocycles. The van der Waals surface area contributed by atoms with Crippen molar-refractivity contribution in [2.24, 2.45) is 11.1 Å². The Morgan fingerprint density at radius 2 is 1.90 bits per heavy atom. The fourth-order valence-corrected chi connectivity index (χ4v) is 3.79. The third kappa shape index (κ3) is 2.82. The maximum absolute atomic E-state index is 6.37. The second kappa shape index (κ2) is 5.29. The lowest BCUT2D eigenvalue weighted by atomic mass is 9.74. The third-order valence-corrected chi connectivity index (χ3v) is 5.18. The van der Waals surface area contributed by atoms with Gasteiger partial charge in [-0.2, -0.15) is 0 Å². The van der Waals surface area contributed by atoms with Crippen LogP contribution in [-0.2, 0) is 6.42 Å². The molecule has 0 spiro atoms. The average Bonchev–Trinajstić information content (AvgIpc) is 2.81. The molecule has 1 aromatic heterocycles. The molecular formula is C18H23BrN2. The van der Waals surface area contributed by atoms with Gasteiger partial charge in [-0.3, -0.25) is 0 Å². The van der Waals surface area contributed by atoms with E-state index in [2.05, 4.69) is 77.8 Å². The van der Waals surface area contributed by atoms with Gasteiger partial charge in [0.25, 0.3) is 0 Å². The molecule has 2 nitrogen and oxygen atoms in total. The van der Waals surface area contributed by atoms with E-state index in [1.807, 2.05) is 0 Å². The van der Waals surface area contributed by atoms with Gasteiger partial charge in [0.15, 0.2) is 0 Å². The Hall–Kier alpha value is -1.06. The molecule has 1 aromatic carbocycles. The summed E-state index contributed by atoms with van der Waals surface area (Å²) in [5.41, 5.74) is 10.7. The largest absolute Gasteiger partial charge is 0.344 e. The van der Waals surface area contributed by atoms with Crippen LogP contribution >= 0.6 is 15.9 Å². The summed E-state index contributed by atoms with van der Waals surface area (Å²) in [4.78, 5) is 0. The Labute approximate surface area is 135 Å². The quantitative estimate of drug-likeness (QED) is 0.829. The predicted molar refractivity (Wildman–Crippen MR) is 91.4 cm³/mol. The molecule has 21 heavy (non-hydrogen) atoms. The maximum atomic E-state index is 6.37. The molecule has 1 aliphatic carbocycles. The van der Waals surface area contributed by atoms with E-state index in [0.29, 0.717) is 6.04 Å². The normalized spacial score (nSPS) is 21.9. The zero-order valence-corrected chi connectivity index (χ0v) is 14.5. The van der Waals surface area contributed by atoms with Crippen LogP contribution in [0.2, 0.25) is 0 Å². The summed E-state index contributed by atoms with van der Waals surface area (Å²) in [6.45, 7) is 6.89. The smallest absolute Gasteiger partial charge is 0.0554 e. The molecule has 0 amide bonds. The highest BCUT2D eigenvalue weighted by atomic mass is 79.9. The zero-order chi connectivity index (χ0) is 15.2. The van der Waals surface area contributed by atoms with Gasteiger partial charge in [-0.1, -0.05) is 41.9 Å². The molecule has 3 rings (SSSR count). The molecule has 3 heteroatoms. The summed E-state index contributed by atoms with van der Waals surface area (Å²) in [5, 5.41) is 0. The Morgan fingerprint density at radius 1 is 1.24 bits per heavy atom. The van der Waals surface area contributed by atoms with Gasteiger partial charge < -0.3 is 10.3 Å². The van der Waals surface area contributed by atoms with Crippen LogP contribution in [0, 0.1) is 5.41 Å². The van der Waals surface area contributed by atoms with Crippen molar-refractivity contribution in [3.8, 4) is 0 Å². The molecule has 0 aliphatic heterocycles. The van der Waals surface area contributed by atoms with Gasteiger partial charge in [-0.05, 0) is 54.5 Å².